The Morgan fingerprint density at radius 1 is 1.06 bits per heavy atom. The number of fused-ring (bicyclic) bond motifs is 1. The van der Waals surface area contributed by atoms with Crippen LogP contribution >= 0.6 is 12.4 Å². The minimum Gasteiger partial charge on any atom is -0.463 e. The molecule has 3 N–H and O–H groups in total. The smallest absolute Gasteiger partial charge is 0.152 e. The Bertz CT molecular complexity index is 1410. The van der Waals surface area contributed by atoms with Crippen molar-refractivity contribution < 1.29 is 4.42 Å². The number of aryl methyl sites for hydroxylation is 4. The lowest BCUT2D eigenvalue weighted by Gasteiger charge is -2.06. The first-order valence-corrected chi connectivity index (χ1v) is 10.5. The van der Waals surface area contributed by atoms with E-state index in [9.17, 15) is 0 Å². The highest BCUT2D eigenvalue weighted by molar-refractivity contribution is 5.94. The molecular weight excluding hydrogens is 436 g/mol. The van der Waals surface area contributed by atoms with Crippen molar-refractivity contribution in [2.45, 2.75) is 19.8 Å². The molecule has 5 rings (SSSR count). The van der Waals surface area contributed by atoms with E-state index < -0.39 is 0 Å². The fraction of sp³-hybridized carbons (Fsp3) is 0.160. The molecule has 3 aromatic heterocycles. The molecule has 3 heterocycles. The number of hydrogen-bond donors (Lipinski definition) is 2. The predicted molar refractivity (Wildman–Crippen MR) is 132 cm³/mol. The highest BCUT2D eigenvalue weighted by atomic mass is 35.5. The molecule has 0 radical (unpaired) electrons. The van der Waals surface area contributed by atoms with Crippen LogP contribution in [0.25, 0.3) is 28.2 Å². The number of amidine groups is 1. The van der Waals surface area contributed by atoms with Gasteiger partial charge in [-0.15, -0.1) is 12.4 Å². The van der Waals surface area contributed by atoms with Gasteiger partial charge in [0.1, 0.15) is 17.4 Å². The van der Waals surface area contributed by atoms with E-state index in [0.29, 0.717) is 0 Å². The molecule has 0 unspecified atom stereocenters. The lowest BCUT2D eigenvalue weighted by atomic mass is 10.1. The van der Waals surface area contributed by atoms with E-state index in [-0.39, 0.29) is 18.2 Å². The van der Waals surface area contributed by atoms with Crippen LogP contribution in [0.15, 0.2) is 71.3 Å². The number of rotatable bonds is 6. The third-order valence-corrected chi connectivity index (χ3v) is 5.71. The summed E-state index contributed by atoms with van der Waals surface area (Å²) in [6.45, 7) is 1.98. The molecule has 0 saturated heterocycles. The second-order valence-corrected chi connectivity index (χ2v) is 7.93. The highest BCUT2D eigenvalue weighted by Gasteiger charge is 2.14. The second kappa shape index (κ2) is 8.96. The number of imidazole rings is 1. The van der Waals surface area contributed by atoms with Crippen LogP contribution in [-0.4, -0.2) is 25.2 Å². The van der Waals surface area contributed by atoms with Gasteiger partial charge in [-0.1, -0.05) is 24.3 Å². The van der Waals surface area contributed by atoms with Gasteiger partial charge in [0.15, 0.2) is 5.76 Å². The van der Waals surface area contributed by atoms with Gasteiger partial charge in [0.05, 0.1) is 28.7 Å². The number of furan rings is 1. The summed E-state index contributed by atoms with van der Waals surface area (Å²) in [5.41, 5.74) is 12.3. The Balaban J connectivity index is 0.00000259. The molecule has 0 aliphatic heterocycles. The molecule has 0 bridgehead atoms. The number of aromatic nitrogens is 4. The molecule has 2 aromatic carbocycles. The zero-order valence-electron chi connectivity index (χ0n) is 18.4. The van der Waals surface area contributed by atoms with Crippen molar-refractivity contribution in [2.24, 2.45) is 12.8 Å². The van der Waals surface area contributed by atoms with Crippen LogP contribution in [0.3, 0.4) is 0 Å². The zero-order chi connectivity index (χ0) is 22.2. The summed E-state index contributed by atoms with van der Waals surface area (Å²) >= 11 is 0. The third kappa shape index (κ3) is 4.27. The van der Waals surface area contributed by atoms with Crippen molar-refractivity contribution in [3.8, 4) is 17.1 Å². The molecule has 8 heteroatoms. The van der Waals surface area contributed by atoms with Crippen molar-refractivity contribution in [1.29, 1.82) is 5.41 Å². The van der Waals surface area contributed by atoms with Crippen LogP contribution in [-0.2, 0) is 19.9 Å². The van der Waals surface area contributed by atoms with Gasteiger partial charge < -0.3 is 14.7 Å². The molecule has 0 fully saturated rings. The van der Waals surface area contributed by atoms with Crippen molar-refractivity contribution in [1.82, 2.24) is 19.3 Å². The first-order chi connectivity index (χ1) is 15.5. The van der Waals surface area contributed by atoms with Gasteiger partial charge in [0.25, 0.3) is 0 Å². The fourth-order valence-electron chi connectivity index (χ4n) is 4.00. The lowest BCUT2D eigenvalue weighted by molar-refractivity contribution is 0.577. The van der Waals surface area contributed by atoms with Crippen molar-refractivity contribution in [3.05, 3.63) is 89.6 Å². The van der Waals surface area contributed by atoms with Gasteiger partial charge >= 0.3 is 0 Å². The van der Waals surface area contributed by atoms with Crippen LogP contribution in [0.4, 0.5) is 0 Å². The summed E-state index contributed by atoms with van der Waals surface area (Å²) in [5.74, 6) is 1.89. The Morgan fingerprint density at radius 3 is 2.55 bits per heavy atom. The van der Waals surface area contributed by atoms with Gasteiger partial charge in [-0.05, 0) is 55.3 Å². The van der Waals surface area contributed by atoms with E-state index in [2.05, 4.69) is 34.9 Å². The first-order valence-electron chi connectivity index (χ1n) is 10.5. The monoisotopic (exact) mass is 460 g/mol. The Labute approximate surface area is 197 Å². The number of nitrogens with zero attached hydrogens (tertiary/aromatic N) is 4. The summed E-state index contributed by atoms with van der Waals surface area (Å²) in [6, 6.07) is 19.9. The normalized spacial score (nSPS) is 11.0. The van der Waals surface area contributed by atoms with Gasteiger partial charge in [0, 0.05) is 19.0 Å². The quantitative estimate of drug-likeness (QED) is 0.280. The first kappa shape index (κ1) is 22.4. The average molecular weight is 461 g/mol. The molecular formula is C25H25ClN6O. The van der Waals surface area contributed by atoms with Gasteiger partial charge in [-0.2, -0.15) is 5.10 Å². The Morgan fingerprint density at radius 2 is 1.85 bits per heavy atom. The summed E-state index contributed by atoms with van der Waals surface area (Å²) in [4.78, 5) is 4.90. The molecule has 0 atom stereocenters. The largest absolute Gasteiger partial charge is 0.463 e. The Kier molecular flexibility index (Phi) is 6.07. The summed E-state index contributed by atoms with van der Waals surface area (Å²) in [5, 5.41) is 12.2. The van der Waals surface area contributed by atoms with Crippen molar-refractivity contribution >= 4 is 29.3 Å². The van der Waals surface area contributed by atoms with Gasteiger partial charge in [-0.25, -0.2) is 9.67 Å². The van der Waals surface area contributed by atoms with Crippen LogP contribution in [0, 0.1) is 12.3 Å². The zero-order valence-corrected chi connectivity index (χ0v) is 19.3. The van der Waals surface area contributed by atoms with Crippen LogP contribution in [0.2, 0.25) is 0 Å². The van der Waals surface area contributed by atoms with Crippen LogP contribution in [0.1, 0.15) is 22.6 Å². The highest BCUT2D eigenvalue weighted by Crippen LogP contribution is 2.26. The predicted octanol–water partition coefficient (Wildman–Crippen LogP) is 4.82. The fourth-order valence-corrected chi connectivity index (χ4v) is 4.00. The minimum atomic E-state index is 0. The number of hydrogen-bond acceptors (Lipinski definition) is 4. The summed E-state index contributed by atoms with van der Waals surface area (Å²) in [6.07, 6.45) is 3.35. The molecule has 7 nitrogen and oxygen atoms in total. The van der Waals surface area contributed by atoms with Crippen LogP contribution < -0.4 is 5.73 Å². The number of nitrogens with one attached hydrogen (secondary N) is 1. The van der Waals surface area contributed by atoms with Crippen LogP contribution in [0.5, 0.6) is 0 Å². The van der Waals surface area contributed by atoms with Crippen molar-refractivity contribution in [2.75, 3.05) is 0 Å². The lowest BCUT2D eigenvalue weighted by Crippen LogP contribution is -2.10. The molecule has 0 aliphatic carbocycles. The average Bonchev–Trinajstić information content (AvgIpc) is 3.52. The molecule has 0 aliphatic rings. The van der Waals surface area contributed by atoms with E-state index in [0.717, 1.165) is 58.1 Å². The molecule has 0 spiro atoms. The maximum absolute atomic E-state index is 7.52. The maximum Gasteiger partial charge on any atom is 0.152 e. The molecule has 168 valence electrons. The molecule has 5 aromatic rings. The maximum atomic E-state index is 7.52. The summed E-state index contributed by atoms with van der Waals surface area (Å²) < 4.78 is 9.65. The van der Waals surface area contributed by atoms with E-state index in [4.69, 9.17) is 20.5 Å². The topological polar surface area (TPSA) is 98.6 Å². The van der Waals surface area contributed by atoms with Gasteiger partial charge in [0.2, 0.25) is 0 Å². The minimum absolute atomic E-state index is 0. The third-order valence-electron chi connectivity index (χ3n) is 5.71. The standard InChI is InChI=1S/C25H24N6O.ClH/c1-16-14-22(23-4-3-13-32-23)31(29-16)19-10-11-21-20(15-19)28-24(30(21)2)12-7-17-5-8-18(9-6-17)25(26)27;/h3-6,8-11,13-15H,7,12H2,1-2H3,(H3,26,27);1H. The molecule has 0 saturated carbocycles. The van der Waals surface area contributed by atoms with Gasteiger partial charge in [-0.3, -0.25) is 5.41 Å². The van der Waals surface area contributed by atoms with E-state index in [1.165, 1.54) is 5.56 Å². The number of nitrogen functional groups attached to an aromatic ring is 1. The number of nitrogens with two attached hydrogens (primary N) is 1. The second-order valence-electron chi connectivity index (χ2n) is 7.93. The SMILES string of the molecule is Cc1cc(-c2ccco2)n(-c2ccc3c(c2)nc(CCc2ccc(C(=N)N)cc2)n3C)n1.Cl. The van der Waals surface area contributed by atoms with E-state index >= 15 is 0 Å². The number of halogens is 1. The number of benzene rings is 2. The van der Waals surface area contributed by atoms with E-state index in [1.54, 1.807) is 6.26 Å². The summed E-state index contributed by atoms with van der Waals surface area (Å²) in [7, 11) is 2.05. The van der Waals surface area contributed by atoms with Crippen molar-refractivity contribution in [3.63, 3.8) is 0 Å². The molecule has 33 heavy (non-hydrogen) atoms. The van der Waals surface area contributed by atoms with E-state index in [1.807, 2.05) is 54.1 Å². The Hall–Kier alpha value is -3.84. The molecule has 0 amide bonds.